The van der Waals surface area contributed by atoms with Crippen molar-refractivity contribution in [3.8, 4) is 0 Å². The molecule has 3 heterocycles. The summed E-state index contributed by atoms with van der Waals surface area (Å²) in [5.74, 6) is 0.523. The first-order valence-electron chi connectivity index (χ1n) is 8.38. The van der Waals surface area contributed by atoms with E-state index in [-0.39, 0.29) is 0 Å². The topological polar surface area (TPSA) is 38.2 Å². The molecule has 0 saturated carbocycles. The normalized spacial score (nSPS) is 19.4. The molecular formula is C19H21N3OS. The van der Waals surface area contributed by atoms with Gasteiger partial charge in [-0.2, -0.15) is 0 Å². The van der Waals surface area contributed by atoms with E-state index >= 15 is 0 Å². The maximum atomic E-state index is 5.85. The first-order valence-corrected chi connectivity index (χ1v) is 9.26. The van der Waals surface area contributed by atoms with E-state index in [9.17, 15) is 0 Å². The maximum absolute atomic E-state index is 5.85. The van der Waals surface area contributed by atoms with E-state index in [1.54, 1.807) is 11.3 Å². The second-order valence-corrected chi connectivity index (χ2v) is 7.35. The number of benzene rings is 1. The summed E-state index contributed by atoms with van der Waals surface area (Å²) in [5.41, 5.74) is 4.33. The van der Waals surface area contributed by atoms with Crippen LogP contribution in [0.2, 0.25) is 0 Å². The van der Waals surface area contributed by atoms with Crippen molar-refractivity contribution in [1.82, 2.24) is 14.9 Å². The van der Waals surface area contributed by atoms with Gasteiger partial charge >= 0.3 is 0 Å². The third-order valence-electron chi connectivity index (χ3n) is 4.48. The minimum Gasteiger partial charge on any atom is -0.380 e. The average Bonchev–Trinajstić information content (AvgIpc) is 3.01. The van der Waals surface area contributed by atoms with Crippen LogP contribution in [0.25, 0.3) is 10.9 Å². The van der Waals surface area contributed by atoms with Crippen LogP contribution in [0.4, 0.5) is 0 Å². The molecule has 5 heteroatoms. The van der Waals surface area contributed by atoms with Gasteiger partial charge in [0.15, 0.2) is 0 Å². The molecule has 1 aliphatic heterocycles. The van der Waals surface area contributed by atoms with Crippen molar-refractivity contribution in [3.63, 3.8) is 0 Å². The maximum Gasteiger partial charge on any atom is 0.0794 e. The monoisotopic (exact) mass is 339 g/mol. The van der Waals surface area contributed by atoms with Crippen LogP contribution in [0.5, 0.6) is 0 Å². The molecule has 3 aromatic rings. The molecule has 24 heavy (non-hydrogen) atoms. The summed E-state index contributed by atoms with van der Waals surface area (Å²) in [5, 5.41) is 1.21. The smallest absolute Gasteiger partial charge is 0.0794 e. The van der Waals surface area contributed by atoms with Crippen molar-refractivity contribution in [1.29, 1.82) is 0 Å². The van der Waals surface area contributed by atoms with Gasteiger partial charge < -0.3 is 4.74 Å². The van der Waals surface area contributed by atoms with Crippen LogP contribution in [0.15, 0.2) is 48.2 Å². The van der Waals surface area contributed by atoms with Crippen LogP contribution in [0, 0.1) is 5.92 Å². The van der Waals surface area contributed by atoms with Crippen LogP contribution in [0.1, 0.15) is 10.4 Å². The summed E-state index contributed by atoms with van der Waals surface area (Å²) >= 11 is 1.73. The Morgan fingerprint density at radius 1 is 1.29 bits per heavy atom. The predicted octanol–water partition coefficient (Wildman–Crippen LogP) is 3.38. The van der Waals surface area contributed by atoms with Gasteiger partial charge in [-0.15, -0.1) is 11.3 Å². The zero-order valence-corrected chi connectivity index (χ0v) is 14.4. The van der Waals surface area contributed by atoms with Gasteiger partial charge in [0.1, 0.15) is 0 Å². The van der Waals surface area contributed by atoms with E-state index < -0.39 is 0 Å². The molecular weight excluding hydrogens is 318 g/mol. The Morgan fingerprint density at radius 2 is 2.29 bits per heavy atom. The van der Waals surface area contributed by atoms with Gasteiger partial charge in [-0.3, -0.25) is 14.9 Å². The van der Waals surface area contributed by atoms with Crippen molar-refractivity contribution in [3.05, 3.63) is 58.7 Å². The number of fused-ring (bicyclic) bond motifs is 1. The summed E-state index contributed by atoms with van der Waals surface area (Å²) in [4.78, 5) is 12.4. The molecule has 0 unspecified atom stereocenters. The largest absolute Gasteiger partial charge is 0.380 e. The molecule has 1 saturated heterocycles. The van der Waals surface area contributed by atoms with E-state index in [4.69, 9.17) is 4.74 Å². The highest BCUT2D eigenvalue weighted by Crippen LogP contribution is 2.20. The quantitative estimate of drug-likeness (QED) is 0.730. The van der Waals surface area contributed by atoms with E-state index in [0.29, 0.717) is 5.92 Å². The number of nitrogens with zero attached hydrogens (tertiary/aromatic N) is 3. The minimum absolute atomic E-state index is 0.523. The van der Waals surface area contributed by atoms with E-state index in [1.165, 1.54) is 15.8 Å². The third-order valence-corrected chi connectivity index (χ3v) is 5.24. The van der Waals surface area contributed by atoms with Crippen LogP contribution < -0.4 is 0 Å². The van der Waals surface area contributed by atoms with Crippen LogP contribution in [-0.4, -0.2) is 41.2 Å². The summed E-state index contributed by atoms with van der Waals surface area (Å²) < 4.78 is 5.85. The highest BCUT2D eigenvalue weighted by atomic mass is 32.1. The SMILES string of the molecule is c1cnc2ccc(C[C@H]3COCCN(Cc4cncs4)C3)cc2c1. The number of hydrogen-bond donors (Lipinski definition) is 0. The molecule has 0 bridgehead atoms. The molecule has 1 aliphatic rings. The molecule has 1 aromatic carbocycles. The van der Waals surface area contributed by atoms with Crippen molar-refractivity contribution < 1.29 is 4.74 Å². The van der Waals surface area contributed by atoms with Crippen molar-refractivity contribution >= 4 is 22.2 Å². The van der Waals surface area contributed by atoms with Gasteiger partial charge in [-0.1, -0.05) is 12.1 Å². The Bertz CT molecular complexity index is 790. The molecule has 124 valence electrons. The van der Waals surface area contributed by atoms with Gasteiger partial charge in [-0.25, -0.2) is 0 Å². The zero-order valence-electron chi connectivity index (χ0n) is 13.6. The highest BCUT2D eigenvalue weighted by molar-refractivity contribution is 7.09. The lowest BCUT2D eigenvalue weighted by atomic mass is 9.98. The number of hydrogen-bond acceptors (Lipinski definition) is 5. The van der Waals surface area contributed by atoms with Crippen molar-refractivity contribution in [2.45, 2.75) is 13.0 Å². The second-order valence-electron chi connectivity index (χ2n) is 6.38. The van der Waals surface area contributed by atoms with Crippen molar-refractivity contribution in [2.75, 3.05) is 26.3 Å². The van der Waals surface area contributed by atoms with Gasteiger partial charge in [0.25, 0.3) is 0 Å². The predicted molar refractivity (Wildman–Crippen MR) is 97.1 cm³/mol. The fourth-order valence-corrected chi connectivity index (χ4v) is 3.98. The van der Waals surface area contributed by atoms with E-state index in [0.717, 1.165) is 44.8 Å². The Kier molecular flexibility index (Phi) is 4.83. The molecule has 4 rings (SSSR count). The van der Waals surface area contributed by atoms with Gasteiger partial charge in [0, 0.05) is 42.3 Å². The molecule has 0 radical (unpaired) electrons. The zero-order chi connectivity index (χ0) is 16.2. The van der Waals surface area contributed by atoms with Gasteiger partial charge in [-0.05, 0) is 36.1 Å². The lowest BCUT2D eigenvalue weighted by Crippen LogP contribution is -2.30. The molecule has 1 atom stereocenters. The van der Waals surface area contributed by atoms with Crippen molar-refractivity contribution in [2.24, 2.45) is 5.92 Å². The third kappa shape index (κ3) is 3.80. The first kappa shape index (κ1) is 15.7. The molecule has 0 spiro atoms. The van der Waals surface area contributed by atoms with E-state index in [1.807, 2.05) is 24.0 Å². The summed E-state index contributed by atoms with van der Waals surface area (Å²) in [6.45, 7) is 4.70. The molecule has 4 nitrogen and oxygen atoms in total. The fraction of sp³-hybridized carbons (Fsp3) is 0.368. The Labute approximate surface area is 146 Å². The van der Waals surface area contributed by atoms with Crippen LogP contribution in [0.3, 0.4) is 0 Å². The first-order chi connectivity index (χ1) is 11.9. The second kappa shape index (κ2) is 7.38. The van der Waals surface area contributed by atoms with Gasteiger partial charge in [0.2, 0.25) is 0 Å². The number of ether oxygens (including phenoxy) is 1. The summed E-state index contributed by atoms with van der Waals surface area (Å²) in [6, 6.07) is 10.7. The Balaban J connectivity index is 1.45. The lowest BCUT2D eigenvalue weighted by Gasteiger charge is -2.22. The minimum atomic E-state index is 0.523. The van der Waals surface area contributed by atoms with Gasteiger partial charge in [0.05, 0.1) is 24.2 Å². The Morgan fingerprint density at radius 3 is 3.21 bits per heavy atom. The molecule has 0 aliphatic carbocycles. The summed E-state index contributed by atoms with van der Waals surface area (Å²) in [7, 11) is 0. The summed E-state index contributed by atoms with van der Waals surface area (Å²) in [6.07, 6.45) is 4.87. The molecule has 1 fully saturated rings. The lowest BCUT2D eigenvalue weighted by molar-refractivity contribution is 0.122. The fourth-order valence-electron chi connectivity index (χ4n) is 3.35. The molecule has 0 amide bonds. The average molecular weight is 339 g/mol. The number of pyridine rings is 1. The molecule has 0 N–H and O–H groups in total. The Hall–Kier alpha value is -1.82. The standard InChI is InChI=1S/C19H21N3OS/c1-2-17-9-15(3-4-19(17)21-5-1)8-16-11-22(6-7-23-13-16)12-18-10-20-14-24-18/h1-5,9-10,14,16H,6-8,11-13H2/t16-/m1/s1. The number of rotatable bonds is 4. The van der Waals surface area contributed by atoms with Crippen LogP contribution >= 0.6 is 11.3 Å². The van der Waals surface area contributed by atoms with E-state index in [2.05, 4.69) is 39.1 Å². The highest BCUT2D eigenvalue weighted by Gasteiger charge is 2.19. The number of aromatic nitrogens is 2. The van der Waals surface area contributed by atoms with Crippen LogP contribution in [-0.2, 0) is 17.7 Å². The molecule has 2 aromatic heterocycles. The number of thiazole rings is 1.